The first-order chi connectivity index (χ1) is 8.54. The van der Waals surface area contributed by atoms with Crippen LogP contribution in [0, 0.1) is 10.1 Å². The van der Waals surface area contributed by atoms with Crippen molar-refractivity contribution in [3.63, 3.8) is 0 Å². The van der Waals surface area contributed by atoms with Gasteiger partial charge in [0.2, 0.25) is 11.7 Å². The number of amides is 1. The zero-order chi connectivity index (χ0) is 13.5. The largest absolute Gasteiger partial charge is 0.418 e. The van der Waals surface area contributed by atoms with Gasteiger partial charge in [-0.15, -0.1) is 0 Å². The van der Waals surface area contributed by atoms with Crippen molar-refractivity contribution in [2.45, 2.75) is 0 Å². The van der Waals surface area contributed by atoms with Crippen LogP contribution < -0.4 is 15.8 Å². The number of nitrogens with zero attached hydrogens (tertiary/aromatic N) is 1. The molecule has 0 bridgehead atoms. The Hall–Kier alpha value is -2.48. The molecule has 18 heavy (non-hydrogen) atoms. The number of ether oxygens (including phenoxy) is 1. The van der Waals surface area contributed by atoms with Crippen molar-refractivity contribution in [2.75, 3.05) is 13.1 Å². The molecule has 1 rings (SSSR count). The Labute approximate surface area is 102 Å². The van der Waals surface area contributed by atoms with Gasteiger partial charge < -0.3 is 15.8 Å². The van der Waals surface area contributed by atoms with Crippen LogP contribution in [0.4, 0.5) is 5.69 Å². The summed E-state index contributed by atoms with van der Waals surface area (Å²) in [5.41, 5.74) is 4.70. The van der Waals surface area contributed by atoms with Gasteiger partial charge in [-0.25, -0.2) is 4.79 Å². The fourth-order valence-electron chi connectivity index (χ4n) is 1.10. The average molecular weight is 253 g/mol. The van der Waals surface area contributed by atoms with Gasteiger partial charge in [0.1, 0.15) is 6.54 Å². The summed E-state index contributed by atoms with van der Waals surface area (Å²) >= 11 is 0. The highest BCUT2D eigenvalue weighted by Gasteiger charge is 2.17. The van der Waals surface area contributed by atoms with Gasteiger partial charge in [0, 0.05) is 6.07 Å². The number of rotatable bonds is 5. The molecule has 8 heteroatoms. The summed E-state index contributed by atoms with van der Waals surface area (Å²) < 4.78 is 4.77. The number of nitrogens with two attached hydrogens (primary N) is 1. The summed E-state index contributed by atoms with van der Waals surface area (Å²) in [7, 11) is 0. The standard InChI is InChI=1S/C10H11N3O5/c11-5-9(14)12-6-10(15)18-8-4-2-1-3-7(8)13(16)17/h1-4H,5-6,11H2,(H,12,14). The van der Waals surface area contributed by atoms with Crippen molar-refractivity contribution >= 4 is 17.6 Å². The maximum Gasteiger partial charge on any atom is 0.331 e. The number of nitrogens with one attached hydrogen (secondary N) is 1. The Morgan fingerprint density at radius 3 is 2.67 bits per heavy atom. The first-order valence-electron chi connectivity index (χ1n) is 4.95. The van der Waals surface area contributed by atoms with E-state index in [0.717, 1.165) is 0 Å². The first kappa shape index (κ1) is 13.6. The van der Waals surface area contributed by atoms with Crippen LogP contribution in [-0.2, 0) is 9.59 Å². The fraction of sp³-hybridized carbons (Fsp3) is 0.200. The minimum atomic E-state index is -0.814. The minimum absolute atomic E-state index is 0.172. The van der Waals surface area contributed by atoms with Crippen LogP contribution in [0.5, 0.6) is 5.75 Å². The van der Waals surface area contributed by atoms with E-state index in [1.54, 1.807) is 0 Å². The highest BCUT2D eigenvalue weighted by molar-refractivity contribution is 5.84. The number of carbonyl (C=O) groups is 2. The average Bonchev–Trinajstić information content (AvgIpc) is 2.36. The monoisotopic (exact) mass is 253 g/mol. The molecule has 0 radical (unpaired) electrons. The minimum Gasteiger partial charge on any atom is -0.418 e. The summed E-state index contributed by atoms with van der Waals surface area (Å²) in [6.45, 7) is -0.652. The second-order valence-corrected chi connectivity index (χ2v) is 3.18. The first-order valence-corrected chi connectivity index (χ1v) is 4.95. The number of nitro benzene ring substituents is 1. The molecule has 1 amide bonds. The molecule has 96 valence electrons. The third-order valence-electron chi connectivity index (χ3n) is 1.90. The Kier molecular flexibility index (Phi) is 4.76. The number of carbonyl (C=O) groups excluding carboxylic acids is 2. The number of hydrogen-bond donors (Lipinski definition) is 2. The van der Waals surface area contributed by atoms with Gasteiger partial charge in [-0.3, -0.25) is 14.9 Å². The van der Waals surface area contributed by atoms with Crippen LogP contribution in [0.3, 0.4) is 0 Å². The zero-order valence-electron chi connectivity index (χ0n) is 9.29. The summed E-state index contributed by atoms with van der Waals surface area (Å²) in [6, 6.07) is 5.45. The van der Waals surface area contributed by atoms with Crippen molar-refractivity contribution in [1.82, 2.24) is 5.32 Å². The Morgan fingerprint density at radius 1 is 1.39 bits per heavy atom. The molecule has 0 aromatic heterocycles. The van der Waals surface area contributed by atoms with E-state index >= 15 is 0 Å². The molecule has 0 atom stereocenters. The van der Waals surface area contributed by atoms with E-state index in [9.17, 15) is 19.7 Å². The summed E-state index contributed by atoms with van der Waals surface area (Å²) in [4.78, 5) is 32.1. The summed E-state index contributed by atoms with van der Waals surface area (Å²) in [5.74, 6) is -1.50. The molecule has 0 saturated carbocycles. The lowest BCUT2D eigenvalue weighted by molar-refractivity contribution is -0.385. The van der Waals surface area contributed by atoms with E-state index in [1.165, 1.54) is 24.3 Å². The second-order valence-electron chi connectivity index (χ2n) is 3.18. The smallest absolute Gasteiger partial charge is 0.331 e. The lowest BCUT2D eigenvalue weighted by atomic mass is 10.3. The molecule has 0 aliphatic rings. The second kappa shape index (κ2) is 6.30. The Bertz CT molecular complexity index is 474. The Morgan fingerprint density at radius 2 is 2.06 bits per heavy atom. The molecule has 0 fully saturated rings. The van der Waals surface area contributed by atoms with Gasteiger partial charge in [0.15, 0.2) is 0 Å². The van der Waals surface area contributed by atoms with Crippen molar-refractivity contribution in [3.8, 4) is 5.75 Å². The van der Waals surface area contributed by atoms with E-state index in [1.807, 2.05) is 0 Å². The zero-order valence-corrected chi connectivity index (χ0v) is 9.29. The summed E-state index contributed by atoms with van der Waals surface area (Å²) in [5, 5.41) is 12.8. The third kappa shape index (κ3) is 3.83. The third-order valence-corrected chi connectivity index (χ3v) is 1.90. The normalized spacial score (nSPS) is 9.61. The predicted octanol–water partition coefficient (Wildman–Crippen LogP) is -0.425. The van der Waals surface area contributed by atoms with Gasteiger partial charge >= 0.3 is 11.7 Å². The molecule has 0 unspecified atom stereocenters. The summed E-state index contributed by atoms with van der Waals surface area (Å²) in [6.07, 6.45) is 0. The fourth-order valence-corrected chi connectivity index (χ4v) is 1.10. The van der Waals surface area contributed by atoms with E-state index < -0.39 is 23.3 Å². The molecule has 0 saturated heterocycles. The highest BCUT2D eigenvalue weighted by atomic mass is 16.6. The molecule has 0 aliphatic carbocycles. The van der Waals surface area contributed by atoms with E-state index in [2.05, 4.69) is 5.32 Å². The Balaban J connectivity index is 2.65. The van der Waals surface area contributed by atoms with Gasteiger partial charge in [-0.1, -0.05) is 12.1 Å². The van der Waals surface area contributed by atoms with Crippen molar-refractivity contribution in [2.24, 2.45) is 5.73 Å². The topological polar surface area (TPSA) is 125 Å². The number of esters is 1. The number of para-hydroxylation sites is 2. The van der Waals surface area contributed by atoms with E-state index in [4.69, 9.17) is 10.5 Å². The number of benzene rings is 1. The van der Waals surface area contributed by atoms with Crippen LogP contribution in [0.2, 0.25) is 0 Å². The lowest BCUT2D eigenvalue weighted by Crippen LogP contribution is -2.35. The predicted molar refractivity (Wildman–Crippen MR) is 60.8 cm³/mol. The van der Waals surface area contributed by atoms with Crippen molar-refractivity contribution in [3.05, 3.63) is 34.4 Å². The molecular weight excluding hydrogens is 242 g/mol. The van der Waals surface area contributed by atoms with Crippen molar-refractivity contribution < 1.29 is 19.2 Å². The van der Waals surface area contributed by atoms with Crippen molar-refractivity contribution in [1.29, 1.82) is 0 Å². The van der Waals surface area contributed by atoms with Crippen LogP contribution in [0.15, 0.2) is 24.3 Å². The van der Waals surface area contributed by atoms with E-state index in [-0.39, 0.29) is 18.0 Å². The maximum absolute atomic E-state index is 11.3. The number of nitro groups is 1. The highest BCUT2D eigenvalue weighted by Crippen LogP contribution is 2.25. The molecule has 0 spiro atoms. The van der Waals surface area contributed by atoms with Gasteiger partial charge in [0.25, 0.3) is 0 Å². The van der Waals surface area contributed by atoms with Crippen LogP contribution >= 0.6 is 0 Å². The van der Waals surface area contributed by atoms with Gasteiger partial charge in [-0.05, 0) is 6.07 Å². The molecule has 8 nitrogen and oxygen atoms in total. The van der Waals surface area contributed by atoms with Gasteiger partial charge in [0.05, 0.1) is 11.5 Å². The maximum atomic E-state index is 11.3. The molecule has 1 aromatic rings. The molecule has 1 aromatic carbocycles. The van der Waals surface area contributed by atoms with Crippen LogP contribution in [0.25, 0.3) is 0 Å². The molecule has 0 aliphatic heterocycles. The lowest BCUT2D eigenvalue weighted by Gasteiger charge is -2.05. The van der Waals surface area contributed by atoms with Crippen LogP contribution in [-0.4, -0.2) is 29.9 Å². The molecular formula is C10H11N3O5. The molecule has 0 heterocycles. The van der Waals surface area contributed by atoms with E-state index in [0.29, 0.717) is 0 Å². The SMILES string of the molecule is NCC(=O)NCC(=O)Oc1ccccc1[N+](=O)[O-]. The van der Waals surface area contributed by atoms with Gasteiger partial charge in [-0.2, -0.15) is 0 Å². The quantitative estimate of drug-likeness (QED) is 0.317. The molecule has 3 N–H and O–H groups in total. The number of hydrogen-bond acceptors (Lipinski definition) is 6. The van der Waals surface area contributed by atoms with Crippen LogP contribution in [0.1, 0.15) is 0 Å².